The number of aromatic amines is 2. The number of benzene rings is 4. The number of nitrogens with zero attached hydrogens (tertiary/aromatic N) is 2. The van der Waals surface area contributed by atoms with Gasteiger partial charge in [0, 0.05) is 44.3 Å². The van der Waals surface area contributed by atoms with Gasteiger partial charge in [0.25, 0.3) is 5.91 Å². The van der Waals surface area contributed by atoms with Crippen LogP contribution in [-0.4, -0.2) is 36.9 Å². The van der Waals surface area contributed by atoms with Gasteiger partial charge >= 0.3 is 5.97 Å². The lowest BCUT2D eigenvalue weighted by atomic mass is 10.1. The van der Waals surface area contributed by atoms with Crippen LogP contribution in [0.3, 0.4) is 0 Å². The lowest BCUT2D eigenvalue weighted by Crippen LogP contribution is -2.12. The van der Waals surface area contributed by atoms with Gasteiger partial charge < -0.3 is 35.0 Å². The number of H-pyrrole nitrogens is 2. The van der Waals surface area contributed by atoms with Gasteiger partial charge in [-0.3, -0.25) is 4.79 Å². The van der Waals surface area contributed by atoms with E-state index >= 15 is 0 Å². The number of hydrogen-bond acceptors (Lipinski definition) is 7. The molecule has 0 atom stereocenters. The Kier molecular flexibility index (Phi) is 9.34. The molecule has 11 nitrogen and oxygen atoms in total. The molecule has 0 unspecified atom stereocenters. The first kappa shape index (κ1) is 32.1. The number of carboxylic acid groups (broad SMARTS) is 1. The van der Waals surface area contributed by atoms with Crippen LogP contribution >= 0.6 is 0 Å². The van der Waals surface area contributed by atoms with E-state index < -0.39 is 5.97 Å². The maximum atomic E-state index is 12.4. The number of aryl methyl sites for hydroxylation is 2. The van der Waals surface area contributed by atoms with Crippen LogP contribution in [-0.2, 0) is 0 Å². The number of para-hydroxylation sites is 2. The van der Waals surface area contributed by atoms with E-state index in [4.69, 9.17) is 19.7 Å². The van der Waals surface area contributed by atoms with Gasteiger partial charge in [-0.1, -0.05) is 36.4 Å². The molecule has 8 aromatic rings. The molecule has 8 rings (SSSR count). The fourth-order valence-electron chi connectivity index (χ4n) is 5.26. The quantitative estimate of drug-likeness (QED) is 0.115. The van der Waals surface area contributed by atoms with Crippen molar-refractivity contribution in [3.05, 3.63) is 145 Å². The number of rotatable bonds is 5. The van der Waals surface area contributed by atoms with Crippen LogP contribution in [0.15, 0.2) is 131 Å². The minimum atomic E-state index is -0.925. The molecule has 11 heteroatoms. The van der Waals surface area contributed by atoms with Crippen LogP contribution in [0.25, 0.3) is 44.5 Å². The number of nitrogen functional groups attached to an aromatic ring is 1. The summed E-state index contributed by atoms with van der Waals surface area (Å²) in [7, 11) is 0. The summed E-state index contributed by atoms with van der Waals surface area (Å²) in [4.78, 5) is 36.7. The summed E-state index contributed by atoms with van der Waals surface area (Å²) in [5, 5.41) is 13.5. The van der Waals surface area contributed by atoms with Gasteiger partial charge in [0.05, 0.1) is 12.4 Å². The number of fused-ring (bicyclic) bond motifs is 2. The Morgan fingerprint density at radius 3 is 1.73 bits per heavy atom. The van der Waals surface area contributed by atoms with E-state index in [0.717, 1.165) is 61.2 Å². The molecule has 0 saturated heterocycles. The number of amides is 1. The molecule has 0 spiro atoms. The van der Waals surface area contributed by atoms with Gasteiger partial charge in [-0.2, -0.15) is 0 Å². The molecule has 0 bridgehead atoms. The van der Waals surface area contributed by atoms with Gasteiger partial charge in [0.2, 0.25) is 0 Å². The van der Waals surface area contributed by atoms with Crippen molar-refractivity contribution < 1.29 is 23.5 Å². The second-order valence-electron chi connectivity index (χ2n) is 11.1. The zero-order chi connectivity index (χ0) is 34.3. The first-order chi connectivity index (χ1) is 23.7. The highest BCUT2D eigenvalue weighted by Gasteiger charge is 2.12. The Morgan fingerprint density at radius 1 is 0.694 bits per heavy atom. The summed E-state index contributed by atoms with van der Waals surface area (Å²) in [5.74, 6) is 0.391. The number of carbonyl (C=O) groups is 2. The van der Waals surface area contributed by atoms with E-state index in [0.29, 0.717) is 11.5 Å². The van der Waals surface area contributed by atoms with Crippen molar-refractivity contribution >= 4 is 45.1 Å². The van der Waals surface area contributed by atoms with Crippen molar-refractivity contribution in [3.63, 3.8) is 0 Å². The second kappa shape index (κ2) is 14.3. The molecule has 0 aliphatic rings. The van der Waals surface area contributed by atoms with Crippen LogP contribution in [0.2, 0.25) is 0 Å². The number of carbonyl (C=O) groups excluding carboxylic acids is 1. The Bertz CT molecular complexity index is 2290. The van der Waals surface area contributed by atoms with Crippen molar-refractivity contribution in [1.82, 2.24) is 19.9 Å². The van der Waals surface area contributed by atoms with Gasteiger partial charge in [0.15, 0.2) is 24.3 Å². The Morgan fingerprint density at radius 2 is 1.22 bits per heavy atom. The number of anilines is 2. The SMILES string of the molecule is Cc1cc(N)ccc1-c1cnco1.Cc1cc(NC(=O)c2cc3ccccc3[nH]2)ccc1-c1cnco1.O=C(O)c1cc2ccccc2[nH]1. The maximum Gasteiger partial charge on any atom is 0.352 e. The van der Waals surface area contributed by atoms with Gasteiger partial charge in [0.1, 0.15) is 11.4 Å². The molecular formula is C38H32N6O5. The highest BCUT2D eigenvalue weighted by atomic mass is 16.4. The van der Waals surface area contributed by atoms with Gasteiger partial charge in [-0.25, -0.2) is 14.8 Å². The Labute approximate surface area is 280 Å². The van der Waals surface area contributed by atoms with Crippen molar-refractivity contribution in [2.75, 3.05) is 11.1 Å². The van der Waals surface area contributed by atoms with E-state index in [1.807, 2.05) is 105 Å². The molecule has 0 fully saturated rings. The standard InChI is InChI=1S/C19H15N3O2.C10H10N2O.C9H7NO2/c1-12-8-14(6-7-15(12)18-10-20-11-24-18)21-19(23)17-9-13-4-2-3-5-16(13)22-17;1-7-4-8(11)2-3-9(7)10-5-12-6-13-10;11-9(12)8-5-6-3-1-2-4-7(6)10-8/h2-11,22H,1H3,(H,21,23);2-6H,11H2,1H3;1-5,10H,(H,11,12). The summed E-state index contributed by atoms with van der Waals surface area (Å²) >= 11 is 0. The number of aromatic nitrogens is 4. The Hall–Kier alpha value is -6.88. The van der Waals surface area contributed by atoms with E-state index in [-0.39, 0.29) is 11.6 Å². The Balaban J connectivity index is 0.000000140. The average molecular weight is 653 g/mol. The highest BCUT2D eigenvalue weighted by Crippen LogP contribution is 2.26. The predicted octanol–water partition coefficient (Wildman–Crippen LogP) is 8.48. The molecule has 0 aliphatic carbocycles. The van der Waals surface area contributed by atoms with E-state index in [2.05, 4.69) is 25.3 Å². The summed E-state index contributed by atoms with van der Waals surface area (Å²) in [6, 6.07) is 30.1. The normalized spacial score (nSPS) is 10.6. The van der Waals surface area contributed by atoms with E-state index in [9.17, 15) is 9.59 Å². The minimum Gasteiger partial charge on any atom is -0.477 e. The summed E-state index contributed by atoms with van der Waals surface area (Å²) in [6.45, 7) is 3.96. The molecule has 0 saturated carbocycles. The van der Waals surface area contributed by atoms with Crippen molar-refractivity contribution in [1.29, 1.82) is 0 Å². The first-order valence-electron chi connectivity index (χ1n) is 15.2. The number of carboxylic acids is 1. The molecule has 1 amide bonds. The third-order valence-corrected chi connectivity index (χ3v) is 7.67. The number of hydrogen-bond donors (Lipinski definition) is 5. The van der Waals surface area contributed by atoms with Crippen molar-refractivity contribution in [2.45, 2.75) is 13.8 Å². The topological polar surface area (TPSA) is 176 Å². The third kappa shape index (κ3) is 7.58. The minimum absolute atomic E-state index is 0.169. The third-order valence-electron chi connectivity index (χ3n) is 7.67. The van der Waals surface area contributed by atoms with Crippen LogP contribution < -0.4 is 11.1 Å². The largest absolute Gasteiger partial charge is 0.477 e. The number of aromatic carboxylic acids is 1. The fraction of sp³-hybridized carbons (Fsp3) is 0.0526. The highest BCUT2D eigenvalue weighted by molar-refractivity contribution is 6.06. The zero-order valence-electron chi connectivity index (χ0n) is 26.6. The molecule has 0 radical (unpaired) electrons. The van der Waals surface area contributed by atoms with Gasteiger partial charge in [-0.05, 0) is 85.6 Å². The molecule has 244 valence electrons. The van der Waals surface area contributed by atoms with Crippen LogP contribution in [0.5, 0.6) is 0 Å². The number of nitrogens with two attached hydrogens (primary N) is 1. The van der Waals surface area contributed by atoms with Crippen molar-refractivity contribution in [2.24, 2.45) is 0 Å². The molecule has 4 heterocycles. The second-order valence-corrected chi connectivity index (χ2v) is 11.1. The summed E-state index contributed by atoms with van der Waals surface area (Å²) in [6.07, 6.45) is 6.19. The first-order valence-corrected chi connectivity index (χ1v) is 15.2. The smallest absolute Gasteiger partial charge is 0.352 e. The molecule has 6 N–H and O–H groups in total. The fourth-order valence-corrected chi connectivity index (χ4v) is 5.26. The van der Waals surface area contributed by atoms with Crippen LogP contribution in [0.1, 0.15) is 32.1 Å². The molecule has 0 aliphatic heterocycles. The van der Waals surface area contributed by atoms with Crippen LogP contribution in [0.4, 0.5) is 11.4 Å². The zero-order valence-corrected chi connectivity index (χ0v) is 26.6. The lowest BCUT2D eigenvalue weighted by molar-refractivity contribution is 0.0691. The van der Waals surface area contributed by atoms with Crippen molar-refractivity contribution in [3.8, 4) is 22.6 Å². The summed E-state index contributed by atoms with van der Waals surface area (Å²) in [5.41, 5.74) is 13.8. The molecule has 4 aromatic heterocycles. The lowest BCUT2D eigenvalue weighted by Gasteiger charge is -2.07. The average Bonchev–Trinajstić information content (AvgIpc) is 3.92. The molecular weight excluding hydrogens is 620 g/mol. The maximum absolute atomic E-state index is 12.4. The number of nitrogens with one attached hydrogen (secondary N) is 3. The predicted molar refractivity (Wildman–Crippen MR) is 189 cm³/mol. The van der Waals surface area contributed by atoms with Crippen LogP contribution in [0, 0.1) is 13.8 Å². The molecule has 49 heavy (non-hydrogen) atoms. The van der Waals surface area contributed by atoms with E-state index in [1.165, 1.54) is 12.8 Å². The monoisotopic (exact) mass is 652 g/mol. The van der Waals surface area contributed by atoms with E-state index in [1.54, 1.807) is 18.5 Å². The number of oxazole rings is 2. The molecule has 4 aromatic carbocycles. The van der Waals surface area contributed by atoms with Gasteiger partial charge in [-0.15, -0.1) is 0 Å². The summed E-state index contributed by atoms with van der Waals surface area (Å²) < 4.78 is 10.5.